The van der Waals surface area contributed by atoms with Crippen molar-refractivity contribution >= 4 is 33.3 Å². The molecule has 6 heteroatoms. The molecule has 0 spiro atoms. The van der Waals surface area contributed by atoms with E-state index in [1.54, 1.807) is 13.0 Å². The molecule has 0 bridgehead atoms. The lowest BCUT2D eigenvalue weighted by Crippen LogP contribution is -2.39. The van der Waals surface area contributed by atoms with E-state index in [4.69, 9.17) is 0 Å². The van der Waals surface area contributed by atoms with E-state index >= 15 is 0 Å². The number of hydrogen-bond acceptors (Lipinski definition) is 4. The zero-order valence-corrected chi connectivity index (χ0v) is 15.5. The lowest BCUT2D eigenvalue weighted by molar-refractivity contribution is 0.0676. The summed E-state index contributed by atoms with van der Waals surface area (Å²) in [6, 6.07) is 9.54. The minimum atomic E-state index is -0.0118. The first-order valence-electron chi connectivity index (χ1n) is 8.19. The maximum atomic E-state index is 12.8. The predicted octanol–water partition coefficient (Wildman–Crippen LogP) is 4.16. The molecule has 1 aliphatic heterocycles. The van der Waals surface area contributed by atoms with E-state index in [0.29, 0.717) is 23.3 Å². The number of nitrogens with zero attached hydrogens (tertiary/aromatic N) is 3. The molecule has 24 heavy (non-hydrogen) atoms. The molecule has 1 aliphatic rings. The third-order valence-electron chi connectivity index (χ3n) is 4.14. The Morgan fingerprint density at radius 1 is 1.33 bits per heavy atom. The first kappa shape index (κ1) is 16.9. The van der Waals surface area contributed by atoms with Crippen molar-refractivity contribution in [3.63, 3.8) is 0 Å². The van der Waals surface area contributed by atoms with Crippen molar-refractivity contribution in [2.45, 2.75) is 26.7 Å². The molecule has 1 aromatic carbocycles. The lowest BCUT2D eigenvalue weighted by atomic mass is 10.00. The quantitative estimate of drug-likeness (QED) is 0.857. The van der Waals surface area contributed by atoms with Gasteiger partial charge in [-0.05, 0) is 53.7 Å². The van der Waals surface area contributed by atoms with E-state index in [0.717, 1.165) is 29.7 Å². The zero-order valence-electron chi connectivity index (χ0n) is 13.9. The molecular formula is C18H21BrN4O. The number of aromatic nitrogens is 2. The minimum absolute atomic E-state index is 0.0118. The molecule has 1 unspecified atom stereocenters. The van der Waals surface area contributed by atoms with Crippen LogP contribution in [-0.4, -0.2) is 33.9 Å². The third-order valence-corrected chi connectivity index (χ3v) is 4.83. The van der Waals surface area contributed by atoms with Crippen LogP contribution in [0.25, 0.3) is 0 Å². The Bertz CT molecular complexity index is 750. The number of piperidine rings is 1. The van der Waals surface area contributed by atoms with E-state index in [1.165, 1.54) is 6.42 Å². The van der Waals surface area contributed by atoms with Gasteiger partial charge in [0.25, 0.3) is 5.91 Å². The third kappa shape index (κ3) is 3.93. The number of carbonyl (C=O) groups excluding carboxylic acids is 1. The Morgan fingerprint density at radius 2 is 2.12 bits per heavy atom. The van der Waals surface area contributed by atoms with Gasteiger partial charge in [0, 0.05) is 23.6 Å². The zero-order chi connectivity index (χ0) is 17.1. The molecule has 1 saturated heterocycles. The molecule has 1 aromatic heterocycles. The summed E-state index contributed by atoms with van der Waals surface area (Å²) in [4.78, 5) is 23.4. The van der Waals surface area contributed by atoms with Crippen LogP contribution in [0.15, 0.2) is 34.8 Å². The molecule has 2 heterocycles. The van der Waals surface area contributed by atoms with Gasteiger partial charge in [-0.2, -0.15) is 0 Å². The topological polar surface area (TPSA) is 58.1 Å². The summed E-state index contributed by atoms with van der Waals surface area (Å²) in [6.45, 7) is 5.60. The number of benzene rings is 1. The van der Waals surface area contributed by atoms with E-state index in [-0.39, 0.29) is 5.91 Å². The minimum Gasteiger partial charge on any atom is -0.339 e. The number of rotatable bonds is 3. The second-order valence-corrected chi connectivity index (χ2v) is 7.14. The molecule has 3 rings (SSSR count). The SMILES string of the molecule is Cc1nc(Nc2ccccc2Br)cc(C(=O)N2CCCC(C)C2)n1. The molecule has 1 amide bonds. The number of carbonyl (C=O) groups is 1. The van der Waals surface area contributed by atoms with Gasteiger partial charge in [-0.25, -0.2) is 9.97 Å². The Hall–Kier alpha value is -1.95. The van der Waals surface area contributed by atoms with Crippen molar-refractivity contribution in [2.24, 2.45) is 5.92 Å². The summed E-state index contributed by atoms with van der Waals surface area (Å²) in [5.74, 6) is 1.74. The number of nitrogens with one attached hydrogen (secondary N) is 1. The summed E-state index contributed by atoms with van der Waals surface area (Å²) in [5.41, 5.74) is 1.35. The molecule has 2 aromatic rings. The summed E-state index contributed by atoms with van der Waals surface area (Å²) >= 11 is 3.51. The van der Waals surface area contributed by atoms with Gasteiger partial charge in [-0.1, -0.05) is 19.1 Å². The van der Waals surface area contributed by atoms with Crippen LogP contribution in [0, 0.1) is 12.8 Å². The second kappa shape index (κ2) is 7.30. The van der Waals surface area contributed by atoms with Crippen LogP contribution in [0.5, 0.6) is 0 Å². The van der Waals surface area contributed by atoms with E-state index < -0.39 is 0 Å². The lowest BCUT2D eigenvalue weighted by Gasteiger charge is -2.30. The Balaban J connectivity index is 1.83. The van der Waals surface area contributed by atoms with Gasteiger partial charge < -0.3 is 10.2 Å². The van der Waals surface area contributed by atoms with Gasteiger partial charge in [-0.15, -0.1) is 0 Å². The van der Waals surface area contributed by atoms with Gasteiger partial charge in [0.15, 0.2) is 0 Å². The standard InChI is InChI=1S/C18H21BrN4O/c1-12-6-5-9-23(11-12)18(24)16-10-17(21-13(2)20-16)22-15-8-4-3-7-14(15)19/h3-4,7-8,10,12H,5-6,9,11H2,1-2H3,(H,20,21,22). The Labute approximate surface area is 150 Å². The average molecular weight is 389 g/mol. The molecule has 5 nitrogen and oxygen atoms in total. The molecular weight excluding hydrogens is 368 g/mol. The smallest absolute Gasteiger partial charge is 0.272 e. The number of likely N-dealkylation sites (tertiary alicyclic amines) is 1. The summed E-state index contributed by atoms with van der Waals surface area (Å²) < 4.78 is 0.944. The number of halogens is 1. The van der Waals surface area contributed by atoms with Crippen LogP contribution in [0.3, 0.4) is 0 Å². The van der Waals surface area contributed by atoms with Crippen LogP contribution >= 0.6 is 15.9 Å². The van der Waals surface area contributed by atoms with Crippen LogP contribution in [-0.2, 0) is 0 Å². The van der Waals surface area contributed by atoms with Crippen LogP contribution in [0.4, 0.5) is 11.5 Å². The molecule has 0 aliphatic carbocycles. The highest BCUT2D eigenvalue weighted by Gasteiger charge is 2.23. The van der Waals surface area contributed by atoms with Crippen molar-refractivity contribution in [2.75, 3.05) is 18.4 Å². The van der Waals surface area contributed by atoms with Gasteiger partial charge in [0.1, 0.15) is 17.3 Å². The Morgan fingerprint density at radius 3 is 2.88 bits per heavy atom. The van der Waals surface area contributed by atoms with E-state index in [2.05, 4.69) is 38.1 Å². The summed E-state index contributed by atoms with van der Waals surface area (Å²) in [7, 11) is 0. The number of hydrogen-bond donors (Lipinski definition) is 1. The average Bonchev–Trinajstić information content (AvgIpc) is 2.56. The molecule has 0 radical (unpaired) electrons. The van der Waals surface area contributed by atoms with Crippen molar-refractivity contribution in [3.05, 3.63) is 46.3 Å². The number of aryl methyl sites for hydroxylation is 1. The largest absolute Gasteiger partial charge is 0.339 e. The fourth-order valence-corrected chi connectivity index (χ4v) is 3.36. The Kier molecular flexibility index (Phi) is 5.14. The molecule has 1 fully saturated rings. The maximum absolute atomic E-state index is 12.8. The second-order valence-electron chi connectivity index (χ2n) is 6.29. The predicted molar refractivity (Wildman–Crippen MR) is 98.5 cm³/mol. The number of para-hydroxylation sites is 1. The first-order chi connectivity index (χ1) is 11.5. The summed E-state index contributed by atoms with van der Waals surface area (Å²) in [5, 5.41) is 3.25. The molecule has 0 saturated carbocycles. The monoisotopic (exact) mass is 388 g/mol. The highest BCUT2D eigenvalue weighted by Crippen LogP contribution is 2.25. The van der Waals surface area contributed by atoms with Crippen LogP contribution < -0.4 is 5.32 Å². The van der Waals surface area contributed by atoms with Crippen molar-refractivity contribution < 1.29 is 4.79 Å². The van der Waals surface area contributed by atoms with Crippen LogP contribution in [0.2, 0.25) is 0 Å². The molecule has 1 N–H and O–H groups in total. The van der Waals surface area contributed by atoms with Gasteiger partial charge >= 0.3 is 0 Å². The van der Waals surface area contributed by atoms with Gasteiger partial charge in [0.05, 0.1) is 5.69 Å². The highest BCUT2D eigenvalue weighted by atomic mass is 79.9. The summed E-state index contributed by atoms with van der Waals surface area (Å²) in [6.07, 6.45) is 2.24. The van der Waals surface area contributed by atoms with Crippen molar-refractivity contribution in [1.29, 1.82) is 0 Å². The normalized spacial score (nSPS) is 17.6. The first-order valence-corrected chi connectivity index (χ1v) is 8.99. The molecule has 126 valence electrons. The fourth-order valence-electron chi connectivity index (χ4n) is 2.98. The van der Waals surface area contributed by atoms with E-state index in [9.17, 15) is 4.79 Å². The molecule has 1 atom stereocenters. The van der Waals surface area contributed by atoms with Crippen molar-refractivity contribution in [1.82, 2.24) is 14.9 Å². The van der Waals surface area contributed by atoms with Crippen molar-refractivity contribution in [3.8, 4) is 0 Å². The number of amides is 1. The fraction of sp³-hybridized carbons (Fsp3) is 0.389. The van der Waals surface area contributed by atoms with Crippen LogP contribution in [0.1, 0.15) is 36.1 Å². The van der Waals surface area contributed by atoms with E-state index in [1.807, 2.05) is 29.2 Å². The van der Waals surface area contributed by atoms with Gasteiger partial charge in [0.2, 0.25) is 0 Å². The highest BCUT2D eigenvalue weighted by molar-refractivity contribution is 9.10. The maximum Gasteiger partial charge on any atom is 0.272 e. The number of anilines is 2. The van der Waals surface area contributed by atoms with Gasteiger partial charge in [-0.3, -0.25) is 4.79 Å².